The van der Waals surface area contributed by atoms with Crippen LogP contribution in [0.3, 0.4) is 0 Å². The van der Waals surface area contributed by atoms with E-state index in [9.17, 15) is 0 Å². The van der Waals surface area contributed by atoms with Crippen LogP contribution in [-0.4, -0.2) is 4.98 Å². The van der Waals surface area contributed by atoms with Gasteiger partial charge in [-0.25, -0.2) is 4.98 Å². The van der Waals surface area contributed by atoms with E-state index in [0.29, 0.717) is 10.9 Å². The average Bonchev–Trinajstić information content (AvgIpc) is 2.81. The van der Waals surface area contributed by atoms with Gasteiger partial charge in [0.05, 0.1) is 10.2 Å². The normalized spacial score (nSPS) is 11.0. The Morgan fingerprint density at radius 1 is 1.11 bits per heavy atom. The molecule has 0 amide bonds. The molecule has 0 aliphatic heterocycles. The second kappa shape index (κ2) is 4.88. The summed E-state index contributed by atoms with van der Waals surface area (Å²) in [6, 6.07) is 13.9. The maximum atomic E-state index is 5.97. The Hall–Kier alpha value is -1.09. The molecule has 18 heavy (non-hydrogen) atoms. The number of aromatic nitrogens is 1. The molecular weight excluding hydrogens is 285 g/mol. The van der Waals surface area contributed by atoms with Gasteiger partial charge in [-0.2, -0.15) is 0 Å². The summed E-state index contributed by atoms with van der Waals surface area (Å²) >= 11 is 13.5. The lowest BCUT2D eigenvalue weighted by Gasteiger charge is -1.98. The minimum atomic E-state index is 0.518. The zero-order valence-corrected chi connectivity index (χ0v) is 11.7. The van der Waals surface area contributed by atoms with Gasteiger partial charge in [0.25, 0.3) is 0 Å². The van der Waals surface area contributed by atoms with Gasteiger partial charge in [0, 0.05) is 16.5 Å². The topological polar surface area (TPSA) is 12.9 Å². The number of fused-ring (bicyclic) bond motifs is 1. The highest BCUT2D eigenvalue weighted by Crippen LogP contribution is 2.31. The lowest BCUT2D eigenvalue weighted by Crippen LogP contribution is -1.80. The lowest BCUT2D eigenvalue weighted by molar-refractivity contribution is 1.39. The molecular formula is C14H9Cl2NS. The lowest BCUT2D eigenvalue weighted by atomic mass is 10.1. The van der Waals surface area contributed by atoms with E-state index in [2.05, 4.69) is 17.1 Å². The van der Waals surface area contributed by atoms with Gasteiger partial charge in [0.15, 0.2) is 0 Å². The van der Waals surface area contributed by atoms with Crippen LogP contribution in [0, 0.1) is 0 Å². The third-order valence-electron chi connectivity index (χ3n) is 2.68. The summed E-state index contributed by atoms with van der Waals surface area (Å²) in [5.41, 5.74) is 3.15. The highest BCUT2D eigenvalue weighted by Gasteiger charge is 2.07. The largest absolute Gasteiger partial charge is 0.236 e. The summed E-state index contributed by atoms with van der Waals surface area (Å²) in [7, 11) is 0. The van der Waals surface area contributed by atoms with Crippen LogP contribution in [0.15, 0.2) is 42.5 Å². The van der Waals surface area contributed by atoms with E-state index in [1.165, 1.54) is 0 Å². The SMILES string of the molecule is ClCc1cccc(-c2nc3cc(Cl)ccc3s2)c1. The third-order valence-corrected chi connectivity index (χ3v) is 4.31. The van der Waals surface area contributed by atoms with Crippen LogP contribution >= 0.6 is 34.5 Å². The Morgan fingerprint density at radius 3 is 2.83 bits per heavy atom. The molecule has 0 aliphatic carbocycles. The molecule has 3 rings (SSSR count). The summed E-state index contributed by atoms with van der Waals surface area (Å²) in [6.45, 7) is 0. The fourth-order valence-electron chi connectivity index (χ4n) is 1.81. The molecule has 0 aliphatic rings. The monoisotopic (exact) mass is 293 g/mol. The smallest absolute Gasteiger partial charge is 0.124 e. The fraction of sp³-hybridized carbons (Fsp3) is 0.0714. The zero-order chi connectivity index (χ0) is 12.5. The maximum Gasteiger partial charge on any atom is 0.124 e. The molecule has 0 spiro atoms. The molecule has 3 aromatic rings. The predicted octanol–water partition coefficient (Wildman–Crippen LogP) is 5.36. The van der Waals surface area contributed by atoms with Crippen LogP contribution in [0.1, 0.15) is 5.56 Å². The van der Waals surface area contributed by atoms with Crippen molar-refractivity contribution in [2.75, 3.05) is 0 Å². The molecule has 0 unspecified atom stereocenters. The van der Waals surface area contributed by atoms with Gasteiger partial charge in [0.1, 0.15) is 5.01 Å². The number of benzene rings is 2. The number of halogens is 2. The van der Waals surface area contributed by atoms with Crippen molar-refractivity contribution in [3.63, 3.8) is 0 Å². The Labute approximate surface area is 119 Å². The molecule has 2 aromatic carbocycles. The average molecular weight is 294 g/mol. The number of hydrogen-bond acceptors (Lipinski definition) is 2. The van der Waals surface area contributed by atoms with E-state index in [1.54, 1.807) is 11.3 Å². The van der Waals surface area contributed by atoms with E-state index >= 15 is 0 Å². The highest BCUT2D eigenvalue weighted by atomic mass is 35.5. The fourth-order valence-corrected chi connectivity index (χ4v) is 3.09. The molecule has 0 atom stereocenters. The van der Waals surface area contributed by atoms with Crippen LogP contribution in [0.4, 0.5) is 0 Å². The van der Waals surface area contributed by atoms with Crippen LogP contribution in [0.25, 0.3) is 20.8 Å². The van der Waals surface area contributed by atoms with Crippen molar-refractivity contribution in [1.29, 1.82) is 0 Å². The van der Waals surface area contributed by atoms with Gasteiger partial charge in [-0.1, -0.05) is 29.8 Å². The number of thiazole rings is 1. The predicted molar refractivity (Wildman–Crippen MR) is 79.6 cm³/mol. The van der Waals surface area contributed by atoms with Gasteiger partial charge in [-0.15, -0.1) is 22.9 Å². The molecule has 0 saturated heterocycles. The van der Waals surface area contributed by atoms with Crippen molar-refractivity contribution < 1.29 is 0 Å². The number of nitrogens with zero attached hydrogens (tertiary/aromatic N) is 1. The van der Waals surface area contributed by atoms with Gasteiger partial charge in [-0.3, -0.25) is 0 Å². The van der Waals surface area contributed by atoms with E-state index in [4.69, 9.17) is 23.2 Å². The maximum absolute atomic E-state index is 5.97. The van der Waals surface area contributed by atoms with Crippen molar-refractivity contribution in [2.45, 2.75) is 5.88 Å². The molecule has 0 bridgehead atoms. The highest BCUT2D eigenvalue weighted by molar-refractivity contribution is 7.21. The molecule has 1 nitrogen and oxygen atoms in total. The molecule has 1 aromatic heterocycles. The Kier molecular flexibility index (Phi) is 3.25. The van der Waals surface area contributed by atoms with Gasteiger partial charge < -0.3 is 0 Å². The first kappa shape index (κ1) is 12.0. The van der Waals surface area contributed by atoms with Crippen LogP contribution < -0.4 is 0 Å². The molecule has 4 heteroatoms. The van der Waals surface area contributed by atoms with Crippen LogP contribution in [0.5, 0.6) is 0 Å². The number of rotatable bonds is 2. The van der Waals surface area contributed by atoms with Crippen molar-refractivity contribution in [2.24, 2.45) is 0 Å². The first-order chi connectivity index (χ1) is 8.76. The summed E-state index contributed by atoms with van der Waals surface area (Å²) in [5.74, 6) is 0.518. The van der Waals surface area contributed by atoms with Crippen LogP contribution in [0.2, 0.25) is 5.02 Å². The summed E-state index contributed by atoms with van der Waals surface area (Å²) in [6.07, 6.45) is 0. The molecule has 0 N–H and O–H groups in total. The minimum Gasteiger partial charge on any atom is -0.236 e. The quantitative estimate of drug-likeness (QED) is 0.580. The molecule has 0 saturated carbocycles. The second-order valence-electron chi connectivity index (χ2n) is 3.97. The molecule has 90 valence electrons. The summed E-state index contributed by atoms with van der Waals surface area (Å²) in [4.78, 5) is 4.61. The van der Waals surface area contributed by atoms with E-state index < -0.39 is 0 Å². The standard InChI is InChI=1S/C14H9Cl2NS/c15-8-9-2-1-3-10(6-9)14-17-12-7-11(16)4-5-13(12)18-14/h1-7H,8H2. The van der Waals surface area contributed by atoms with Gasteiger partial charge in [0.2, 0.25) is 0 Å². The Bertz CT molecular complexity index is 706. The molecule has 0 radical (unpaired) electrons. The van der Waals surface area contributed by atoms with E-state index in [-0.39, 0.29) is 0 Å². The van der Waals surface area contributed by atoms with Crippen molar-refractivity contribution in [3.8, 4) is 10.6 Å². The van der Waals surface area contributed by atoms with E-state index in [1.807, 2.05) is 30.3 Å². The Morgan fingerprint density at radius 2 is 2.00 bits per heavy atom. The van der Waals surface area contributed by atoms with E-state index in [0.717, 1.165) is 26.4 Å². The van der Waals surface area contributed by atoms with Crippen LogP contribution in [-0.2, 0) is 5.88 Å². The first-order valence-electron chi connectivity index (χ1n) is 5.47. The Balaban J connectivity index is 2.13. The molecule has 1 heterocycles. The second-order valence-corrected chi connectivity index (χ2v) is 5.70. The van der Waals surface area contributed by atoms with Crippen molar-refractivity contribution in [3.05, 3.63) is 53.1 Å². The van der Waals surface area contributed by atoms with Crippen molar-refractivity contribution in [1.82, 2.24) is 4.98 Å². The number of hydrogen-bond donors (Lipinski definition) is 0. The first-order valence-corrected chi connectivity index (χ1v) is 7.20. The zero-order valence-electron chi connectivity index (χ0n) is 9.36. The van der Waals surface area contributed by atoms with Gasteiger partial charge >= 0.3 is 0 Å². The summed E-state index contributed by atoms with van der Waals surface area (Å²) < 4.78 is 1.14. The number of alkyl halides is 1. The molecule has 0 fully saturated rings. The van der Waals surface area contributed by atoms with Crippen molar-refractivity contribution >= 4 is 44.8 Å². The minimum absolute atomic E-state index is 0.518. The van der Waals surface area contributed by atoms with Gasteiger partial charge in [-0.05, 0) is 29.8 Å². The summed E-state index contributed by atoms with van der Waals surface area (Å²) in [5, 5.41) is 1.72. The third kappa shape index (κ3) is 2.24.